The number of nitrogen functional groups attached to an aromatic ring is 2. The zero-order chi connectivity index (χ0) is 11.6. The number of hydrogen-bond donors (Lipinski definition) is 2. The second-order valence-electron chi connectivity index (χ2n) is 2.48. The summed E-state index contributed by atoms with van der Waals surface area (Å²) < 4.78 is 39.0. The van der Waals surface area contributed by atoms with E-state index in [0.717, 1.165) is 6.07 Å². The van der Waals surface area contributed by atoms with Crippen LogP contribution in [0.3, 0.4) is 0 Å². The monoisotopic (exact) mass is 218 g/mol. The van der Waals surface area contributed by atoms with Crippen LogP contribution >= 0.6 is 0 Å². The van der Waals surface area contributed by atoms with Crippen LogP contribution in [0.15, 0.2) is 6.07 Å². The van der Waals surface area contributed by atoms with E-state index in [0.29, 0.717) is 0 Å². The van der Waals surface area contributed by atoms with E-state index in [4.69, 9.17) is 16.7 Å². The third kappa shape index (κ3) is 2.63. The second kappa shape index (κ2) is 3.53. The average Bonchev–Trinajstić information content (AvgIpc) is 2.08. The summed E-state index contributed by atoms with van der Waals surface area (Å²) in [7, 11) is 0. The fourth-order valence-corrected chi connectivity index (χ4v) is 0.793. The molecule has 80 valence electrons. The molecule has 1 rings (SSSR count). The molecule has 15 heavy (non-hydrogen) atoms. The van der Waals surface area contributed by atoms with Gasteiger partial charge in [-0.3, -0.25) is 0 Å². The Morgan fingerprint density at radius 3 is 2.47 bits per heavy atom. The van der Waals surface area contributed by atoms with Crippen LogP contribution in [-0.4, -0.2) is 11.3 Å². The SMILES string of the molecule is N#Cc1cc(N)c(N)nc1OC(F)(F)F. The van der Waals surface area contributed by atoms with Gasteiger partial charge in [0.1, 0.15) is 11.6 Å². The fourth-order valence-electron chi connectivity index (χ4n) is 0.793. The lowest BCUT2D eigenvalue weighted by atomic mass is 10.2. The van der Waals surface area contributed by atoms with Crippen LogP contribution in [0, 0.1) is 11.3 Å². The van der Waals surface area contributed by atoms with E-state index in [1.54, 1.807) is 0 Å². The Kier molecular flexibility index (Phi) is 2.57. The van der Waals surface area contributed by atoms with Crippen molar-refractivity contribution in [3.63, 3.8) is 0 Å². The lowest BCUT2D eigenvalue weighted by Crippen LogP contribution is -2.19. The molecule has 0 radical (unpaired) electrons. The van der Waals surface area contributed by atoms with Gasteiger partial charge in [-0.15, -0.1) is 13.2 Å². The molecule has 0 spiro atoms. The van der Waals surface area contributed by atoms with E-state index in [1.165, 1.54) is 6.07 Å². The summed E-state index contributed by atoms with van der Waals surface area (Å²) in [6.45, 7) is 0. The first kappa shape index (κ1) is 10.9. The molecule has 0 unspecified atom stereocenters. The normalized spacial score (nSPS) is 10.8. The van der Waals surface area contributed by atoms with Crippen molar-refractivity contribution in [3.05, 3.63) is 11.6 Å². The molecule has 1 heterocycles. The molecular formula is C7H5F3N4O. The first-order valence-electron chi connectivity index (χ1n) is 3.55. The molecule has 0 saturated heterocycles. The highest BCUT2D eigenvalue weighted by Crippen LogP contribution is 2.27. The van der Waals surface area contributed by atoms with Crippen molar-refractivity contribution >= 4 is 11.5 Å². The number of nitrogens with zero attached hydrogens (tertiary/aromatic N) is 2. The summed E-state index contributed by atoms with van der Waals surface area (Å²) in [5.74, 6) is -1.23. The Labute approximate surface area is 82.1 Å². The van der Waals surface area contributed by atoms with E-state index in [-0.39, 0.29) is 11.5 Å². The molecule has 0 aliphatic heterocycles. The molecule has 0 aliphatic rings. The number of ether oxygens (including phenoxy) is 1. The fraction of sp³-hybridized carbons (Fsp3) is 0.143. The minimum atomic E-state index is -4.93. The minimum Gasteiger partial charge on any atom is -0.396 e. The summed E-state index contributed by atoms with van der Waals surface area (Å²) in [5, 5.41) is 8.50. The number of alkyl halides is 3. The minimum absolute atomic E-state index is 0.0823. The van der Waals surface area contributed by atoms with E-state index in [1.807, 2.05) is 0 Å². The highest BCUT2D eigenvalue weighted by molar-refractivity contribution is 5.63. The molecule has 1 aromatic heterocycles. The molecule has 0 atom stereocenters. The van der Waals surface area contributed by atoms with E-state index < -0.39 is 17.8 Å². The number of nitriles is 1. The van der Waals surface area contributed by atoms with Crippen LogP contribution in [-0.2, 0) is 0 Å². The molecular weight excluding hydrogens is 213 g/mol. The van der Waals surface area contributed by atoms with E-state index in [2.05, 4.69) is 9.72 Å². The zero-order valence-corrected chi connectivity index (χ0v) is 7.17. The van der Waals surface area contributed by atoms with Crippen molar-refractivity contribution in [3.8, 4) is 11.9 Å². The summed E-state index contributed by atoms with van der Waals surface area (Å²) >= 11 is 0. The van der Waals surface area contributed by atoms with Crippen LogP contribution in [0.5, 0.6) is 5.88 Å². The highest BCUT2D eigenvalue weighted by atomic mass is 19.4. The first-order valence-corrected chi connectivity index (χ1v) is 3.55. The Morgan fingerprint density at radius 1 is 1.40 bits per heavy atom. The molecule has 4 N–H and O–H groups in total. The van der Waals surface area contributed by atoms with Crippen molar-refractivity contribution in [2.24, 2.45) is 0 Å². The number of anilines is 2. The van der Waals surface area contributed by atoms with Crippen molar-refractivity contribution < 1.29 is 17.9 Å². The van der Waals surface area contributed by atoms with Gasteiger partial charge in [0.05, 0.1) is 5.69 Å². The molecule has 0 amide bonds. The molecule has 5 nitrogen and oxygen atoms in total. The lowest BCUT2D eigenvalue weighted by Gasteiger charge is -2.10. The molecule has 0 aromatic carbocycles. The standard InChI is InChI=1S/C7H5F3N4O/c8-7(9,10)15-6-3(2-11)1-4(12)5(13)14-6/h1H,12H2,(H2,13,14). The van der Waals surface area contributed by atoms with Gasteiger partial charge in [-0.25, -0.2) is 0 Å². The van der Waals surface area contributed by atoms with Crippen molar-refractivity contribution in [2.45, 2.75) is 6.36 Å². The van der Waals surface area contributed by atoms with Gasteiger partial charge < -0.3 is 16.2 Å². The Morgan fingerprint density at radius 2 is 2.00 bits per heavy atom. The van der Waals surface area contributed by atoms with E-state index >= 15 is 0 Å². The lowest BCUT2D eigenvalue weighted by molar-refractivity contribution is -0.276. The van der Waals surface area contributed by atoms with Gasteiger partial charge in [-0.2, -0.15) is 10.2 Å². The van der Waals surface area contributed by atoms with Crippen molar-refractivity contribution in [1.29, 1.82) is 5.26 Å². The third-order valence-electron chi connectivity index (χ3n) is 1.38. The number of rotatable bonds is 1. The van der Waals surface area contributed by atoms with Crippen molar-refractivity contribution in [1.82, 2.24) is 4.98 Å². The summed E-state index contributed by atoms with van der Waals surface area (Å²) in [4.78, 5) is 3.22. The first-order chi connectivity index (χ1) is 6.83. The van der Waals surface area contributed by atoms with Crippen LogP contribution < -0.4 is 16.2 Å². The number of hydrogen-bond acceptors (Lipinski definition) is 5. The Hall–Kier alpha value is -2.17. The maximum atomic E-state index is 11.8. The maximum Gasteiger partial charge on any atom is 0.574 e. The Bertz CT molecular complexity index is 423. The average molecular weight is 218 g/mol. The maximum absolute atomic E-state index is 11.8. The Balaban J connectivity index is 3.18. The summed E-state index contributed by atoms with van der Waals surface area (Å²) in [6, 6.07) is 2.42. The summed E-state index contributed by atoms with van der Waals surface area (Å²) in [6.07, 6.45) is -4.93. The molecule has 0 fully saturated rings. The third-order valence-corrected chi connectivity index (χ3v) is 1.38. The number of nitrogens with two attached hydrogens (primary N) is 2. The largest absolute Gasteiger partial charge is 0.574 e. The van der Waals surface area contributed by atoms with Crippen LogP contribution in [0.1, 0.15) is 5.56 Å². The summed E-state index contributed by atoms with van der Waals surface area (Å²) in [5.41, 5.74) is 9.91. The molecule has 1 aromatic rings. The smallest absolute Gasteiger partial charge is 0.396 e. The van der Waals surface area contributed by atoms with Gasteiger partial charge in [0, 0.05) is 0 Å². The number of halogens is 3. The zero-order valence-electron chi connectivity index (χ0n) is 7.17. The molecule has 0 aliphatic carbocycles. The highest BCUT2D eigenvalue weighted by Gasteiger charge is 2.33. The predicted molar refractivity (Wildman–Crippen MR) is 44.5 cm³/mol. The van der Waals surface area contributed by atoms with Gasteiger partial charge in [0.25, 0.3) is 0 Å². The number of pyridine rings is 1. The van der Waals surface area contributed by atoms with Crippen molar-refractivity contribution in [2.75, 3.05) is 11.5 Å². The van der Waals surface area contributed by atoms with Gasteiger partial charge in [-0.05, 0) is 6.07 Å². The molecule has 0 saturated carbocycles. The van der Waals surface area contributed by atoms with Gasteiger partial charge in [0.2, 0.25) is 5.88 Å². The molecule has 0 bridgehead atoms. The topological polar surface area (TPSA) is 98.0 Å². The quantitative estimate of drug-likeness (QED) is 0.733. The molecule has 8 heteroatoms. The van der Waals surface area contributed by atoms with Gasteiger partial charge in [-0.1, -0.05) is 0 Å². The van der Waals surface area contributed by atoms with Gasteiger partial charge in [0.15, 0.2) is 5.82 Å². The van der Waals surface area contributed by atoms with E-state index in [9.17, 15) is 13.2 Å². The van der Waals surface area contributed by atoms with Crippen LogP contribution in [0.25, 0.3) is 0 Å². The predicted octanol–water partition coefficient (Wildman–Crippen LogP) is 1.02. The number of aromatic nitrogens is 1. The van der Waals surface area contributed by atoms with Crippen LogP contribution in [0.2, 0.25) is 0 Å². The van der Waals surface area contributed by atoms with Crippen LogP contribution in [0.4, 0.5) is 24.7 Å². The second-order valence-corrected chi connectivity index (χ2v) is 2.48. The van der Waals surface area contributed by atoms with Gasteiger partial charge >= 0.3 is 6.36 Å².